The first-order valence-corrected chi connectivity index (χ1v) is 5.68. The maximum Gasteiger partial charge on any atom is 0.219 e. The van der Waals surface area contributed by atoms with Gasteiger partial charge >= 0.3 is 0 Å². The lowest BCUT2D eigenvalue weighted by Gasteiger charge is -2.04. The van der Waals surface area contributed by atoms with Crippen LogP contribution in [0, 0.1) is 10.5 Å². The molecule has 0 N–H and O–H groups in total. The van der Waals surface area contributed by atoms with Crippen molar-refractivity contribution in [3.63, 3.8) is 0 Å². The molecule has 0 saturated carbocycles. The minimum absolute atomic E-state index is 0.624. The summed E-state index contributed by atoms with van der Waals surface area (Å²) < 4.78 is 6.67. The summed E-state index contributed by atoms with van der Waals surface area (Å²) >= 11 is 2.21. The molecule has 0 aliphatic heterocycles. The van der Waals surface area contributed by atoms with Gasteiger partial charge in [0.25, 0.3) is 0 Å². The normalized spacial score (nSPS) is 10.0. The zero-order valence-electron chi connectivity index (χ0n) is 8.27. The van der Waals surface area contributed by atoms with Crippen molar-refractivity contribution in [1.29, 1.82) is 0 Å². The number of pyridine rings is 1. The average Bonchev–Trinajstić information content (AvgIpc) is 2.25. The van der Waals surface area contributed by atoms with E-state index >= 15 is 0 Å². The van der Waals surface area contributed by atoms with Crippen LogP contribution in [0.4, 0.5) is 0 Å². The lowest BCUT2D eigenvalue weighted by molar-refractivity contribution is 0.462. The average molecular weight is 311 g/mol. The fourth-order valence-corrected chi connectivity index (χ4v) is 1.47. The van der Waals surface area contributed by atoms with Crippen molar-refractivity contribution in [1.82, 2.24) is 4.98 Å². The number of aromatic nitrogens is 1. The number of nitrogens with zero attached hydrogens (tertiary/aromatic N) is 1. The smallest absolute Gasteiger partial charge is 0.219 e. The second kappa shape index (κ2) is 4.61. The van der Waals surface area contributed by atoms with Crippen LogP contribution in [-0.2, 0) is 0 Å². The number of benzene rings is 1. The predicted molar refractivity (Wildman–Crippen MR) is 68.2 cm³/mol. The summed E-state index contributed by atoms with van der Waals surface area (Å²) in [7, 11) is 0. The number of ether oxygens (including phenoxy) is 1. The number of aryl methyl sites for hydroxylation is 1. The maximum absolute atomic E-state index is 5.57. The molecule has 1 heterocycles. The van der Waals surface area contributed by atoms with E-state index in [0.717, 1.165) is 9.32 Å². The van der Waals surface area contributed by atoms with E-state index in [1.54, 1.807) is 6.20 Å². The highest BCUT2D eigenvalue weighted by Crippen LogP contribution is 2.19. The van der Waals surface area contributed by atoms with Crippen LogP contribution in [0.25, 0.3) is 0 Å². The molecule has 0 amide bonds. The minimum atomic E-state index is 0.624. The Labute approximate surface area is 102 Å². The first-order chi connectivity index (χ1) is 7.24. The lowest BCUT2D eigenvalue weighted by Crippen LogP contribution is -1.87. The third-order valence-electron chi connectivity index (χ3n) is 1.94. The Morgan fingerprint density at radius 3 is 2.40 bits per heavy atom. The molecule has 0 unspecified atom stereocenters. The van der Waals surface area contributed by atoms with Gasteiger partial charge in [0.05, 0.1) is 0 Å². The third kappa shape index (κ3) is 2.92. The van der Waals surface area contributed by atoms with Crippen LogP contribution >= 0.6 is 22.6 Å². The van der Waals surface area contributed by atoms with E-state index in [9.17, 15) is 0 Å². The van der Waals surface area contributed by atoms with E-state index in [-0.39, 0.29) is 0 Å². The predicted octanol–water partition coefficient (Wildman–Crippen LogP) is 3.79. The Morgan fingerprint density at radius 1 is 1.07 bits per heavy atom. The quantitative estimate of drug-likeness (QED) is 0.787. The summed E-state index contributed by atoms with van der Waals surface area (Å²) in [4.78, 5) is 4.17. The van der Waals surface area contributed by atoms with Gasteiger partial charge in [-0.05, 0) is 47.7 Å². The summed E-state index contributed by atoms with van der Waals surface area (Å²) in [6.45, 7) is 2.05. The highest BCUT2D eigenvalue weighted by atomic mass is 127. The van der Waals surface area contributed by atoms with Gasteiger partial charge in [-0.1, -0.05) is 17.7 Å². The van der Waals surface area contributed by atoms with Gasteiger partial charge in [-0.25, -0.2) is 4.98 Å². The molecule has 0 aliphatic carbocycles. The van der Waals surface area contributed by atoms with Crippen molar-refractivity contribution in [2.45, 2.75) is 6.92 Å². The first kappa shape index (κ1) is 10.4. The molecule has 0 bridgehead atoms. The Hall–Kier alpha value is -1.10. The van der Waals surface area contributed by atoms with Gasteiger partial charge in [0.1, 0.15) is 5.75 Å². The molecule has 0 spiro atoms. The molecule has 0 aliphatic rings. The van der Waals surface area contributed by atoms with Gasteiger partial charge in [-0.15, -0.1) is 0 Å². The van der Waals surface area contributed by atoms with Crippen LogP contribution in [-0.4, -0.2) is 4.98 Å². The van der Waals surface area contributed by atoms with Gasteiger partial charge in [0, 0.05) is 15.8 Å². The standard InChI is InChI=1S/C12H10INO/c1-9-2-5-11(6-3-9)15-12-7-4-10(13)8-14-12/h2-8H,1H3. The van der Waals surface area contributed by atoms with Crippen LogP contribution in [0.1, 0.15) is 5.56 Å². The monoisotopic (exact) mass is 311 g/mol. The molecule has 1 aromatic carbocycles. The largest absolute Gasteiger partial charge is 0.439 e. The molecule has 0 atom stereocenters. The van der Waals surface area contributed by atoms with Gasteiger partial charge in [-0.3, -0.25) is 0 Å². The highest BCUT2D eigenvalue weighted by Gasteiger charge is 1.97. The molecular weight excluding hydrogens is 301 g/mol. The molecule has 15 heavy (non-hydrogen) atoms. The maximum atomic E-state index is 5.57. The molecule has 3 heteroatoms. The van der Waals surface area contributed by atoms with Crippen molar-refractivity contribution in [2.24, 2.45) is 0 Å². The molecule has 0 fully saturated rings. The zero-order valence-corrected chi connectivity index (χ0v) is 10.4. The van der Waals surface area contributed by atoms with Crippen molar-refractivity contribution >= 4 is 22.6 Å². The summed E-state index contributed by atoms with van der Waals surface area (Å²) in [5.74, 6) is 1.44. The van der Waals surface area contributed by atoms with Gasteiger partial charge in [0.15, 0.2) is 0 Å². The van der Waals surface area contributed by atoms with Crippen LogP contribution in [0.3, 0.4) is 0 Å². The number of rotatable bonds is 2. The molecule has 2 rings (SSSR count). The summed E-state index contributed by atoms with van der Waals surface area (Å²) in [5, 5.41) is 0. The number of hydrogen-bond donors (Lipinski definition) is 0. The van der Waals surface area contributed by atoms with E-state index in [2.05, 4.69) is 27.6 Å². The van der Waals surface area contributed by atoms with Crippen LogP contribution in [0.5, 0.6) is 11.6 Å². The van der Waals surface area contributed by atoms with Crippen molar-refractivity contribution in [3.05, 3.63) is 51.7 Å². The molecule has 0 radical (unpaired) electrons. The van der Waals surface area contributed by atoms with Gasteiger partial charge in [0.2, 0.25) is 5.88 Å². The molecule has 2 aromatic rings. The summed E-state index contributed by atoms with van der Waals surface area (Å²) in [5.41, 5.74) is 1.22. The Bertz CT molecular complexity index is 393. The Morgan fingerprint density at radius 2 is 1.80 bits per heavy atom. The molecule has 1 aromatic heterocycles. The Kier molecular flexibility index (Phi) is 3.20. The van der Waals surface area contributed by atoms with Crippen molar-refractivity contribution in [2.75, 3.05) is 0 Å². The van der Waals surface area contributed by atoms with E-state index in [0.29, 0.717) is 5.88 Å². The SMILES string of the molecule is Cc1ccc(Oc2ccc(I)cn2)cc1. The summed E-state index contributed by atoms with van der Waals surface area (Å²) in [6, 6.07) is 11.7. The van der Waals surface area contributed by atoms with Crippen molar-refractivity contribution < 1.29 is 4.74 Å². The van der Waals surface area contributed by atoms with Gasteiger partial charge < -0.3 is 4.74 Å². The summed E-state index contributed by atoms with van der Waals surface area (Å²) in [6.07, 6.45) is 1.78. The second-order valence-corrected chi connectivity index (χ2v) is 4.48. The highest BCUT2D eigenvalue weighted by molar-refractivity contribution is 14.1. The topological polar surface area (TPSA) is 22.1 Å². The fourth-order valence-electron chi connectivity index (χ4n) is 1.15. The molecule has 76 valence electrons. The third-order valence-corrected chi connectivity index (χ3v) is 2.58. The number of hydrogen-bond acceptors (Lipinski definition) is 2. The van der Waals surface area contributed by atoms with Crippen LogP contribution in [0.2, 0.25) is 0 Å². The van der Waals surface area contributed by atoms with Gasteiger partial charge in [-0.2, -0.15) is 0 Å². The minimum Gasteiger partial charge on any atom is -0.439 e. The van der Waals surface area contributed by atoms with E-state index in [1.165, 1.54) is 5.56 Å². The second-order valence-electron chi connectivity index (χ2n) is 3.23. The lowest BCUT2D eigenvalue weighted by atomic mass is 10.2. The molecular formula is C12H10INO. The zero-order chi connectivity index (χ0) is 10.7. The first-order valence-electron chi connectivity index (χ1n) is 4.60. The van der Waals surface area contributed by atoms with Crippen LogP contribution in [0.15, 0.2) is 42.6 Å². The van der Waals surface area contributed by atoms with E-state index in [1.807, 2.05) is 43.3 Å². The molecule has 2 nitrogen and oxygen atoms in total. The Balaban J connectivity index is 2.15. The molecule has 0 saturated heterocycles. The van der Waals surface area contributed by atoms with Crippen LogP contribution < -0.4 is 4.74 Å². The fraction of sp³-hybridized carbons (Fsp3) is 0.0833. The van der Waals surface area contributed by atoms with E-state index in [4.69, 9.17) is 4.74 Å². The van der Waals surface area contributed by atoms with Crippen molar-refractivity contribution in [3.8, 4) is 11.6 Å². The van der Waals surface area contributed by atoms with E-state index < -0.39 is 0 Å². The number of halogens is 1.